The second-order valence-electron chi connectivity index (χ2n) is 5.26. The van der Waals surface area contributed by atoms with Crippen molar-refractivity contribution in [2.24, 2.45) is 10.4 Å². The van der Waals surface area contributed by atoms with Crippen LogP contribution in [-0.2, 0) is 10.3 Å². The van der Waals surface area contributed by atoms with Crippen molar-refractivity contribution < 1.29 is 4.79 Å². The van der Waals surface area contributed by atoms with Crippen LogP contribution in [0, 0.1) is 5.41 Å². The quantitative estimate of drug-likeness (QED) is 0.568. The van der Waals surface area contributed by atoms with Crippen LogP contribution in [0.25, 0.3) is 0 Å². The van der Waals surface area contributed by atoms with E-state index < -0.39 is 0 Å². The Bertz CT molecular complexity index is 436. The summed E-state index contributed by atoms with van der Waals surface area (Å²) in [6.45, 7) is 4.36. The van der Waals surface area contributed by atoms with Gasteiger partial charge in [-0.05, 0) is 36.0 Å². The molecule has 0 radical (unpaired) electrons. The molecule has 2 nitrogen and oxygen atoms in total. The molecule has 16 heavy (non-hydrogen) atoms. The zero-order chi connectivity index (χ0) is 11.8. The molecule has 0 unspecified atom stereocenters. The molecule has 1 aromatic carbocycles. The van der Waals surface area contributed by atoms with E-state index in [0.29, 0.717) is 5.02 Å². The van der Waals surface area contributed by atoms with Gasteiger partial charge in [0.25, 0.3) is 0 Å². The minimum atomic E-state index is -0.365. The lowest BCUT2D eigenvalue weighted by Crippen LogP contribution is -2.45. The third kappa shape index (κ3) is 1.91. The van der Waals surface area contributed by atoms with E-state index in [1.807, 2.05) is 24.3 Å². The fourth-order valence-corrected chi connectivity index (χ4v) is 2.85. The van der Waals surface area contributed by atoms with Crippen molar-refractivity contribution in [1.29, 1.82) is 0 Å². The molecule has 1 aliphatic rings. The first kappa shape index (κ1) is 11.4. The summed E-state index contributed by atoms with van der Waals surface area (Å²) in [5, 5.41) is 0.701. The monoisotopic (exact) mass is 235 g/mol. The maximum Gasteiger partial charge on any atom is 0.235 e. The fraction of sp³-hybridized carbons (Fsp3) is 0.462. The highest BCUT2D eigenvalue weighted by atomic mass is 35.5. The first-order valence-corrected chi connectivity index (χ1v) is 5.70. The standard InChI is InChI=1S/C13H14ClNO/c1-12(2)7-13(8-12,15-9-16)10-3-5-11(14)6-4-10/h3-6H,7-8H2,1-2H3. The topological polar surface area (TPSA) is 29.4 Å². The smallest absolute Gasteiger partial charge is 0.211 e. The van der Waals surface area contributed by atoms with Gasteiger partial charge in [0.05, 0.1) is 5.54 Å². The SMILES string of the molecule is CC1(C)CC(N=C=O)(c2ccc(Cl)cc2)C1. The van der Waals surface area contributed by atoms with Gasteiger partial charge in [0, 0.05) is 5.02 Å². The van der Waals surface area contributed by atoms with Crippen LogP contribution < -0.4 is 0 Å². The number of carbonyl (C=O) groups excluding carboxylic acids is 1. The summed E-state index contributed by atoms with van der Waals surface area (Å²) in [6, 6.07) is 7.56. The lowest BCUT2D eigenvalue weighted by atomic mass is 9.57. The lowest BCUT2D eigenvalue weighted by molar-refractivity contribution is 0.0639. The number of isocyanates is 1. The second-order valence-corrected chi connectivity index (χ2v) is 5.70. The first-order chi connectivity index (χ1) is 7.47. The Balaban J connectivity index is 2.35. The average molecular weight is 236 g/mol. The number of nitrogens with zero attached hydrogens (tertiary/aromatic N) is 1. The predicted molar refractivity (Wildman–Crippen MR) is 64.3 cm³/mol. The Labute approximate surface area is 100 Å². The van der Waals surface area contributed by atoms with Crippen molar-refractivity contribution >= 4 is 17.7 Å². The van der Waals surface area contributed by atoms with Crippen LogP contribution in [0.4, 0.5) is 0 Å². The molecule has 0 aromatic heterocycles. The molecule has 1 aliphatic carbocycles. The van der Waals surface area contributed by atoms with Crippen molar-refractivity contribution in [2.75, 3.05) is 0 Å². The van der Waals surface area contributed by atoms with E-state index in [4.69, 9.17) is 11.6 Å². The summed E-state index contributed by atoms with van der Waals surface area (Å²) in [5.41, 5.74) is 0.940. The van der Waals surface area contributed by atoms with Gasteiger partial charge in [0.2, 0.25) is 6.08 Å². The van der Waals surface area contributed by atoms with Crippen LogP contribution >= 0.6 is 11.6 Å². The number of hydrogen-bond acceptors (Lipinski definition) is 2. The summed E-state index contributed by atoms with van der Waals surface area (Å²) in [5.74, 6) is 0. The number of benzene rings is 1. The van der Waals surface area contributed by atoms with Crippen molar-refractivity contribution in [3.05, 3.63) is 34.9 Å². The predicted octanol–water partition coefficient (Wildman–Crippen LogP) is 3.69. The highest BCUT2D eigenvalue weighted by Gasteiger charge is 2.50. The Morgan fingerprint density at radius 3 is 2.25 bits per heavy atom. The zero-order valence-corrected chi connectivity index (χ0v) is 10.2. The molecule has 0 amide bonds. The van der Waals surface area contributed by atoms with E-state index in [0.717, 1.165) is 18.4 Å². The summed E-state index contributed by atoms with van der Waals surface area (Å²) < 4.78 is 0. The molecular formula is C13H14ClNO. The normalized spacial score (nSPS) is 20.7. The van der Waals surface area contributed by atoms with E-state index in [9.17, 15) is 4.79 Å². The molecule has 0 saturated heterocycles. The van der Waals surface area contributed by atoms with Gasteiger partial charge in [-0.2, -0.15) is 4.99 Å². The van der Waals surface area contributed by atoms with Gasteiger partial charge < -0.3 is 0 Å². The zero-order valence-electron chi connectivity index (χ0n) is 9.46. The van der Waals surface area contributed by atoms with Crippen LogP contribution in [0.5, 0.6) is 0 Å². The number of hydrogen-bond donors (Lipinski definition) is 0. The molecular weight excluding hydrogens is 222 g/mol. The van der Waals surface area contributed by atoms with Gasteiger partial charge in [0.1, 0.15) is 0 Å². The Morgan fingerprint density at radius 1 is 1.25 bits per heavy atom. The molecule has 0 N–H and O–H groups in total. The lowest BCUT2D eigenvalue weighted by Gasteiger charge is -2.50. The van der Waals surface area contributed by atoms with Gasteiger partial charge in [-0.25, -0.2) is 4.79 Å². The second kappa shape index (κ2) is 3.73. The van der Waals surface area contributed by atoms with E-state index in [-0.39, 0.29) is 11.0 Å². The van der Waals surface area contributed by atoms with Gasteiger partial charge in [-0.15, -0.1) is 0 Å². The minimum Gasteiger partial charge on any atom is -0.211 e. The minimum absolute atomic E-state index is 0.250. The van der Waals surface area contributed by atoms with Gasteiger partial charge in [-0.3, -0.25) is 0 Å². The largest absolute Gasteiger partial charge is 0.235 e. The fourth-order valence-electron chi connectivity index (χ4n) is 2.73. The molecule has 1 aromatic rings. The highest BCUT2D eigenvalue weighted by molar-refractivity contribution is 6.30. The molecule has 0 atom stereocenters. The molecule has 1 saturated carbocycles. The number of rotatable bonds is 2. The van der Waals surface area contributed by atoms with Crippen LogP contribution in [0.1, 0.15) is 32.3 Å². The van der Waals surface area contributed by atoms with Crippen LogP contribution in [0.3, 0.4) is 0 Å². The Morgan fingerprint density at radius 2 is 1.81 bits per heavy atom. The maximum atomic E-state index is 10.5. The average Bonchev–Trinajstić information content (AvgIpc) is 2.16. The Kier molecular flexibility index (Phi) is 2.65. The van der Waals surface area contributed by atoms with Crippen LogP contribution in [0.2, 0.25) is 5.02 Å². The van der Waals surface area contributed by atoms with E-state index in [1.54, 1.807) is 6.08 Å². The van der Waals surface area contributed by atoms with Crippen molar-refractivity contribution in [3.8, 4) is 0 Å². The maximum absolute atomic E-state index is 10.5. The Hall–Kier alpha value is -1.11. The summed E-state index contributed by atoms with van der Waals surface area (Å²) >= 11 is 5.85. The van der Waals surface area contributed by atoms with Crippen LogP contribution in [-0.4, -0.2) is 6.08 Å². The van der Waals surface area contributed by atoms with E-state index >= 15 is 0 Å². The van der Waals surface area contributed by atoms with Gasteiger partial charge >= 0.3 is 0 Å². The number of halogens is 1. The van der Waals surface area contributed by atoms with Gasteiger partial charge in [0.15, 0.2) is 0 Å². The van der Waals surface area contributed by atoms with Crippen molar-refractivity contribution in [1.82, 2.24) is 0 Å². The molecule has 0 heterocycles. The van der Waals surface area contributed by atoms with Gasteiger partial charge in [-0.1, -0.05) is 37.6 Å². The summed E-state index contributed by atoms with van der Waals surface area (Å²) in [6.07, 6.45) is 3.47. The molecule has 0 bridgehead atoms. The van der Waals surface area contributed by atoms with Crippen molar-refractivity contribution in [2.45, 2.75) is 32.2 Å². The number of aliphatic imine (C=N–C) groups is 1. The third-order valence-corrected chi connectivity index (χ3v) is 3.44. The summed E-state index contributed by atoms with van der Waals surface area (Å²) in [7, 11) is 0. The summed E-state index contributed by atoms with van der Waals surface area (Å²) in [4.78, 5) is 14.6. The molecule has 3 heteroatoms. The first-order valence-electron chi connectivity index (χ1n) is 5.33. The van der Waals surface area contributed by atoms with Crippen molar-refractivity contribution in [3.63, 3.8) is 0 Å². The van der Waals surface area contributed by atoms with E-state index in [1.165, 1.54) is 0 Å². The third-order valence-electron chi connectivity index (χ3n) is 3.18. The highest BCUT2D eigenvalue weighted by Crippen LogP contribution is 2.56. The van der Waals surface area contributed by atoms with Crippen LogP contribution in [0.15, 0.2) is 29.3 Å². The molecule has 0 spiro atoms. The van der Waals surface area contributed by atoms with E-state index in [2.05, 4.69) is 18.8 Å². The molecule has 1 fully saturated rings. The molecule has 2 rings (SSSR count). The molecule has 84 valence electrons. The molecule has 0 aliphatic heterocycles.